The van der Waals surface area contributed by atoms with Gasteiger partial charge in [0, 0.05) is 25.8 Å². The molecule has 76 valence electrons. The minimum atomic E-state index is -0.204. The lowest BCUT2D eigenvalue weighted by Gasteiger charge is -2.38. The van der Waals surface area contributed by atoms with E-state index in [1.54, 1.807) is 0 Å². The maximum atomic E-state index is 9.20. The number of halogens is 1. The third kappa shape index (κ3) is 1.65. The monoisotopic (exact) mass is 212 g/mol. The van der Waals surface area contributed by atoms with Gasteiger partial charge in [-0.25, -0.2) is 0 Å². The van der Waals surface area contributed by atoms with Crippen molar-refractivity contribution in [3.63, 3.8) is 0 Å². The second kappa shape index (κ2) is 3.67. The van der Waals surface area contributed by atoms with Gasteiger partial charge in [0.2, 0.25) is 0 Å². The van der Waals surface area contributed by atoms with Gasteiger partial charge in [0.25, 0.3) is 0 Å². The first kappa shape index (κ1) is 9.62. The molecule has 1 aromatic rings. The van der Waals surface area contributed by atoms with Crippen LogP contribution in [0.3, 0.4) is 0 Å². The van der Waals surface area contributed by atoms with Crippen LogP contribution in [0.25, 0.3) is 0 Å². The molecule has 1 saturated heterocycles. The fourth-order valence-electron chi connectivity index (χ4n) is 1.56. The summed E-state index contributed by atoms with van der Waals surface area (Å²) in [4.78, 5) is 2.06. The third-order valence-electron chi connectivity index (χ3n) is 2.44. The largest absolute Gasteiger partial charge is 0.389 e. The first-order valence-corrected chi connectivity index (χ1v) is 4.99. The summed E-state index contributed by atoms with van der Waals surface area (Å²) in [6, 6.07) is 5.80. The Hall–Kier alpha value is -0.930. The molecule has 1 heterocycles. The lowest BCUT2D eigenvalue weighted by molar-refractivity contribution is 0.142. The maximum absolute atomic E-state index is 9.20. The lowest BCUT2D eigenvalue weighted by Crippen LogP contribution is -2.50. The summed E-state index contributed by atoms with van der Waals surface area (Å²) >= 11 is 6.06. The van der Waals surface area contributed by atoms with Crippen molar-refractivity contribution >= 4 is 23.0 Å². The Bertz CT molecular complexity index is 337. The van der Waals surface area contributed by atoms with Crippen LogP contribution in [-0.2, 0) is 0 Å². The van der Waals surface area contributed by atoms with Crippen molar-refractivity contribution in [2.75, 3.05) is 30.4 Å². The molecule has 0 radical (unpaired) electrons. The Morgan fingerprint density at radius 3 is 2.79 bits per heavy atom. The van der Waals surface area contributed by atoms with Gasteiger partial charge in [-0.3, -0.25) is 0 Å². The van der Waals surface area contributed by atoms with Gasteiger partial charge in [0.1, 0.15) is 0 Å². The zero-order chi connectivity index (χ0) is 10.1. The normalized spacial score (nSPS) is 16.6. The summed E-state index contributed by atoms with van der Waals surface area (Å²) < 4.78 is 0. The molecule has 3 nitrogen and oxygen atoms in total. The first-order valence-electron chi connectivity index (χ1n) is 4.61. The summed E-state index contributed by atoms with van der Waals surface area (Å²) in [6.45, 7) is 1.35. The highest BCUT2D eigenvalue weighted by Gasteiger charge is 2.26. The van der Waals surface area contributed by atoms with Crippen LogP contribution in [0, 0.1) is 0 Å². The minimum Gasteiger partial charge on any atom is -0.389 e. The van der Waals surface area contributed by atoms with Crippen molar-refractivity contribution in [2.45, 2.75) is 6.10 Å². The Balaban J connectivity index is 2.23. The Morgan fingerprint density at radius 1 is 1.50 bits per heavy atom. The molecule has 0 aromatic heterocycles. The standard InChI is InChI=1S/C10H13ClN2O/c1-12-7-2-3-9(11)10(4-7)13-5-8(14)6-13/h2-4,8,12,14H,5-6H2,1H3. The molecule has 1 fully saturated rings. The average molecular weight is 213 g/mol. The molecule has 0 aliphatic carbocycles. The second-order valence-electron chi connectivity index (χ2n) is 3.47. The smallest absolute Gasteiger partial charge is 0.0889 e. The van der Waals surface area contributed by atoms with E-state index in [-0.39, 0.29) is 6.10 Å². The van der Waals surface area contributed by atoms with E-state index >= 15 is 0 Å². The van der Waals surface area contributed by atoms with Gasteiger partial charge in [-0.15, -0.1) is 0 Å². The summed E-state index contributed by atoms with van der Waals surface area (Å²) in [6.07, 6.45) is -0.204. The van der Waals surface area contributed by atoms with Crippen LogP contribution in [0.15, 0.2) is 18.2 Å². The molecule has 1 aliphatic heterocycles. The molecule has 2 N–H and O–H groups in total. The number of anilines is 2. The van der Waals surface area contributed by atoms with Gasteiger partial charge < -0.3 is 15.3 Å². The number of aliphatic hydroxyl groups excluding tert-OH is 1. The van der Waals surface area contributed by atoms with Gasteiger partial charge >= 0.3 is 0 Å². The number of nitrogens with one attached hydrogen (secondary N) is 1. The van der Waals surface area contributed by atoms with Gasteiger partial charge in [-0.05, 0) is 18.2 Å². The Labute approximate surface area is 88.3 Å². The predicted octanol–water partition coefficient (Wildman–Crippen LogP) is 1.56. The van der Waals surface area contributed by atoms with E-state index in [4.69, 9.17) is 11.6 Å². The molecule has 14 heavy (non-hydrogen) atoms. The molecular formula is C10H13ClN2O. The Kier molecular flexibility index (Phi) is 2.52. The molecule has 0 bridgehead atoms. The van der Waals surface area contributed by atoms with E-state index in [0.29, 0.717) is 13.1 Å². The number of nitrogens with zero attached hydrogens (tertiary/aromatic N) is 1. The van der Waals surface area contributed by atoms with Crippen LogP contribution in [0.2, 0.25) is 5.02 Å². The lowest BCUT2D eigenvalue weighted by atomic mass is 10.1. The van der Waals surface area contributed by atoms with Gasteiger partial charge in [-0.2, -0.15) is 0 Å². The van der Waals surface area contributed by atoms with Crippen LogP contribution in [-0.4, -0.2) is 31.3 Å². The SMILES string of the molecule is CNc1ccc(Cl)c(N2CC(O)C2)c1. The van der Waals surface area contributed by atoms with Crippen LogP contribution in [0.1, 0.15) is 0 Å². The van der Waals surface area contributed by atoms with E-state index < -0.39 is 0 Å². The number of hydrogen-bond acceptors (Lipinski definition) is 3. The summed E-state index contributed by atoms with van der Waals surface area (Å²) in [7, 11) is 1.87. The van der Waals surface area contributed by atoms with Crippen molar-refractivity contribution in [2.24, 2.45) is 0 Å². The zero-order valence-electron chi connectivity index (χ0n) is 8.00. The van der Waals surface area contributed by atoms with Crippen molar-refractivity contribution < 1.29 is 5.11 Å². The van der Waals surface area contributed by atoms with Crippen molar-refractivity contribution in [3.05, 3.63) is 23.2 Å². The van der Waals surface area contributed by atoms with E-state index in [1.165, 1.54) is 0 Å². The third-order valence-corrected chi connectivity index (χ3v) is 2.76. The average Bonchev–Trinajstić information content (AvgIpc) is 2.14. The highest BCUT2D eigenvalue weighted by Crippen LogP contribution is 2.31. The topological polar surface area (TPSA) is 35.5 Å². The van der Waals surface area contributed by atoms with Crippen molar-refractivity contribution in [1.29, 1.82) is 0 Å². The maximum Gasteiger partial charge on any atom is 0.0889 e. The highest BCUT2D eigenvalue weighted by atomic mass is 35.5. The molecular weight excluding hydrogens is 200 g/mol. The molecule has 0 unspecified atom stereocenters. The van der Waals surface area contributed by atoms with Crippen LogP contribution >= 0.6 is 11.6 Å². The fraction of sp³-hybridized carbons (Fsp3) is 0.400. The summed E-state index contributed by atoms with van der Waals surface area (Å²) in [5.41, 5.74) is 2.02. The molecule has 4 heteroatoms. The van der Waals surface area contributed by atoms with E-state index in [9.17, 15) is 5.11 Å². The van der Waals surface area contributed by atoms with E-state index in [2.05, 4.69) is 10.2 Å². The number of rotatable bonds is 2. The van der Waals surface area contributed by atoms with Gasteiger partial charge in [0.15, 0.2) is 0 Å². The Morgan fingerprint density at radius 2 is 2.21 bits per heavy atom. The molecule has 1 aromatic carbocycles. The van der Waals surface area contributed by atoms with Crippen molar-refractivity contribution in [1.82, 2.24) is 0 Å². The van der Waals surface area contributed by atoms with Crippen LogP contribution < -0.4 is 10.2 Å². The molecule has 0 saturated carbocycles. The highest BCUT2D eigenvalue weighted by molar-refractivity contribution is 6.33. The molecule has 0 spiro atoms. The zero-order valence-corrected chi connectivity index (χ0v) is 8.75. The van der Waals surface area contributed by atoms with Crippen LogP contribution in [0.5, 0.6) is 0 Å². The summed E-state index contributed by atoms with van der Waals surface area (Å²) in [5, 5.41) is 13.0. The molecule has 0 amide bonds. The molecule has 1 aliphatic rings. The summed E-state index contributed by atoms with van der Waals surface area (Å²) in [5.74, 6) is 0. The van der Waals surface area contributed by atoms with Gasteiger partial charge in [-0.1, -0.05) is 11.6 Å². The van der Waals surface area contributed by atoms with E-state index in [0.717, 1.165) is 16.4 Å². The predicted molar refractivity (Wildman–Crippen MR) is 59.2 cm³/mol. The second-order valence-corrected chi connectivity index (χ2v) is 3.88. The number of aliphatic hydroxyl groups is 1. The number of hydrogen-bond donors (Lipinski definition) is 2. The minimum absolute atomic E-state index is 0.204. The number of β-amino-alcohol motifs (C(OH)–C–C–N with tert-alkyl or cyclic N) is 1. The van der Waals surface area contributed by atoms with E-state index in [1.807, 2.05) is 25.2 Å². The van der Waals surface area contributed by atoms with Gasteiger partial charge in [0.05, 0.1) is 16.8 Å². The van der Waals surface area contributed by atoms with Crippen LogP contribution in [0.4, 0.5) is 11.4 Å². The van der Waals surface area contributed by atoms with Crippen molar-refractivity contribution in [3.8, 4) is 0 Å². The number of benzene rings is 1. The molecule has 2 rings (SSSR count). The first-order chi connectivity index (χ1) is 6.70. The fourth-order valence-corrected chi connectivity index (χ4v) is 1.80. The quantitative estimate of drug-likeness (QED) is 0.781. The molecule has 0 atom stereocenters.